The quantitative estimate of drug-likeness (QED) is 0.625. The molecular formula is C11H11F. The summed E-state index contributed by atoms with van der Waals surface area (Å²) in [6.45, 7) is 3.66. The van der Waals surface area contributed by atoms with E-state index in [-0.39, 0.29) is 5.82 Å². The minimum atomic E-state index is -0.0666. The molecule has 1 saturated carbocycles. The van der Waals surface area contributed by atoms with Gasteiger partial charge in [-0.25, -0.2) is 4.39 Å². The first-order valence-electron chi connectivity index (χ1n) is 4.23. The fourth-order valence-electron chi connectivity index (χ4n) is 1.40. The molecule has 1 heteroatoms. The van der Waals surface area contributed by atoms with Gasteiger partial charge in [-0.3, -0.25) is 0 Å². The number of rotatable bonds is 2. The second-order valence-corrected chi connectivity index (χ2v) is 3.26. The van der Waals surface area contributed by atoms with E-state index in [9.17, 15) is 4.39 Å². The molecule has 2 rings (SSSR count). The van der Waals surface area contributed by atoms with Crippen molar-refractivity contribution in [2.24, 2.45) is 0 Å². The highest BCUT2D eigenvalue weighted by molar-refractivity contribution is 5.49. The van der Waals surface area contributed by atoms with Crippen molar-refractivity contribution in [3.8, 4) is 0 Å². The van der Waals surface area contributed by atoms with Crippen molar-refractivity contribution in [3.63, 3.8) is 0 Å². The molecule has 0 bridgehead atoms. The summed E-state index contributed by atoms with van der Waals surface area (Å²) in [6, 6.07) is 5.19. The molecule has 1 aromatic carbocycles. The fraction of sp³-hybridized carbons (Fsp3) is 0.273. The Bertz CT molecular complexity index is 311. The molecule has 1 aliphatic rings. The highest BCUT2D eigenvalue weighted by Crippen LogP contribution is 2.41. The first kappa shape index (κ1) is 7.53. The summed E-state index contributed by atoms with van der Waals surface area (Å²) in [5, 5.41) is 0. The number of halogens is 1. The number of hydrogen-bond acceptors (Lipinski definition) is 0. The fourth-order valence-corrected chi connectivity index (χ4v) is 1.40. The van der Waals surface area contributed by atoms with Gasteiger partial charge in [-0.2, -0.15) is 0 Å². The summed E-state index contributed by atoms with van der Waals surface area (Å²) in [5.41, 5.74) is 1.88. The Morgan fingerprint density at radius 3 is 2.75 bits per heavy atom. The van der Waals surface area contributed by atoms with Crippen LogP contribution >= 0.6 is 0 Å². The average Bonchev–Trinajstić information content (AvgIpc) is 2.88. The Morgan fingerprint density at radius 1 is 1.42 bits per heavy atom. The van der Waals surface area contributed by atoms with E-state index in [2.05, 4.69) is 6.58 Å². The van der Waals surface area contributed by atoms with Gasteiger partial charge in [-0.1, -0.05) is 18.7 Å². The topological polar surface area (TPSA) is 0 Å². The highest BCUT2D eigenvalue weighted by Gasteiger charge is 2.26. The van der Waals surface area contributed by atoms with Gasteiger partial charge >= 0.3 is 0 Å². The van der Waals surface area contributed by atoms with E-state index in [1.54, 1.807) is 12.1 Å². The third-order valence-corrected chi connectivity index (χ3v) is 2.27. The van der Waals surface area contributed by atoms with E-state index >= 15 is 0 Å². The third-order valence-electron chi connectivity index (χ3n) is 2.27. The molecule has 0 atom stereocenters. The molecule has 1 aliphatic carbocycles. The van der Waals surface area contributed by atoms with Gasteiger partial charge in [0.1, 0.15) is 5.82 Å². The lowest BCUT2D eigenvalue weighted by atomic mass is 10.1. The second kappa shape index (κ2) is 2.74. The van der Waals surface area contributed by atoms with Gasteiger partial charge in [-0.15, -0.1) is 0 Å². The standard InChI is InChI=1S/C11H11F/c1-2-8-3-6-11(12)10(7-8)9-4-5-9/h2-3,6-7,9H,1,4-5H2. The van der Waals surface area contributed by atoms with Gasteiger partial charge in [0.25, 0.3) is 0 Å². The lowest BCUT2D eigenvalue weighted by molar-refractivity contribution is 0.610. The van der Waals surface area contributed by atoms with Crippen LogP contribution in [0.3, 0.4) is 0 Å². The van der Waals surface area contributed by atoms with Crippen LogP contribution in [0, 0.1) is 5.82 Å². The predicted octanol–water partition coefficient (Wildman–Crippen LogP) is 3.35. The van der Waals surface area contributed by atoms with Gasteiger partial charge < -0.3 is 0 Å². The van der Waals surface area contributed by atoms with Crippen LogP contribution in [-0.2, 0) is 0 Å². The molecule has 62 valence electrons. The number of benzene rings is 1. The molecule has 0 unspecified atom stereocenters. The minimum absolute atomic E-state index is 0.0666. The third kappa shape index (κ3) is 1.27. The van der Waals surface area contributed by atoms with E-state index in [1.807, 2.05) is 6.07 Å². The maximum Gasteiger partial charge on any atom is 0.126 e. The average molecular weight is 162 g/mol. The van der Waals surface area contributed by atoms with E-state index in [4.69, 9.17) is 0 Å². The Hall–Kier alpha value is -1.11. The molecular weight excluding hydrogens is 151 g/mol. The van der Waals surface area contributed by atoms with Crippen molar-refractivity contribution in [3.05, 3.63) is 41.7 Å². The van der Waals surface area contributed by atoms with Crippen LogP contribution in [0.1, 0.15) is 29.9 Å². The van der Waals surface area contributed by atoms with Crippen molar-refractivity contribution in [2.75, 3.05) is 0 Å². The van der Waals surface area contributed by atoms with E-state index < -0.39 is 0 Å². The molecule has 0 nitrogen and oxygen atoms in total. The van der Waals surface area contributed by atoms with Gasteiger partial charge in [0, 0.05) is 0 Å². The maximum absolute atomic E-state index is 13.2. The molecule has 12 heavy (non-hydrogen) atoms. The predicted molar refractivity (Wildman–Crippen MR) is 48.5 cm³/mol. The SMILES string of the molecule is C=Cc1ccc(F)c(C2CC2)c1. The van der Waals surface area contributed by atoms with Crippen LogP contribution in [0.4, 0.5) is 4.39 Å². The van der Waals surface area contributed by atoms with Gasteiger partial charge in [-0.05, 0) is 42.0 Å². The Balaban J connectivity index is 2.42. The molecule has 0 spiro atoms. The molecule has 1 fully saturated rings. The largest absolute Gasteiger partial charge is 0.207 e. The molecule has 0 heterocycles. The Labute approximate surface area is 71.7 Å². The first-order valence-corrected chi connectivity index (χ1v) is 4.23. The highest BCUT2D eigenvalue weighted by atomic mass is 19.1. The molecule has 0 amide bonds. The monoisotopic (exact) mass is 162 g/mol. The molecule has 0 N–H and O–H groups in total. The second-order valence-electron chi connectivity index (χ2n) is 3.26. The normalized spacial score (nSPS) is 16.1. The smallest absolute Gasteiger partial charge is 0.126 e. The maximum atomic E-state index is 13.2. The zero-order chi connectivity index (χ0) is 8.55. The van der Waals surface area contributed by atoms with Crippen LogP contribution in [0.2, 0.25) is 0 Å². The first-order chi connectivity index (χ1) is 5.81. The van der Waals surface area contributed by atoms with Gasteiger partial charge in [0.15, 0.2) is 0 Å². The summed E-state index contributed by atoms with van der Waals surface area (Å²) >= 11 is 0. The van der Waals surface area contributed by atoms with E-state index in [0.717, 1.165) is 24.0 Å². The Kier molecular flexibility index (Phi) is 1.72. The zero-order valence-electron chi connectivity index (χ0n) is 6.89. The van der Waals surface area contributed by atoms with E-state index in [0.29, 0.717) is 5.92 Å². The van der Waals surface area contributed by atoms with E-state index in [1.165, 1.54) is 6.07 Å². The van der Waals surface area contributed by atoms with Gasteiger partial charge in [0.2, 0.25) is 0 Å². The molecule has 1 aromatic rings. The molecule has 0 saturated heterocycles. The van der Waals surface area contributed by atoms with Crippen molar-refractivity contribution in [1.29, 1.82) is 0 Å². The van der Waals surface area contributed by atoms with Crippen LogP contribution in [0.5, 0.6) is 0 Å². The van der Waals surface area contributed by atoms with Crippen molar-refractivity contribution in [2.45, 2.75) is 18.8 Å². The molecule has 0 radical (unpaired) electrons. The Morgan fingerprint density at radius 2 is 2.17 bits per heavy atom. The minimum Gasteiger partial charge on any atom is -0.207 e. The summed E-state index contributed by atoms with van der Waals surface area (Å²) < 4.78 is 13.2. The summed E-state index contributed by atoms with van der Waals surface area (Å²) in [6.07, 6.45) is 4.03. The summed E-state index contributed by atoms with van der Waals surface area (Å²) in [7, 11) is 0. The number of hydrogen-bond donors (Lipinski definition) is 0. The van der Waals surface area contributed by atoms with Gasteiger partial charge in [0.05, 0.1) is 0 Å². The molecule has 0 aliphatic heterocycles. The lowest BCUT2D eigenvalue weighted by Gasteiger charge is -2.01. The van der Waals surface area contributed by atoms with Crippen molar-refractivity contribution in [1.82, 2.24) is 0 Å². The summed E-state index contributed by atoms with van der Waals surface area (Å²) in [5.74, 6) is 0.410. The van der Waals surface area contributed by atoms with Crippen LogP contribution < -0.4 is 0 Å². The van der Waals surface area contributed by atoms with Crippen LogP contribution in [0.15, 0.2) is 24.8 Å². The molecule has 0 aromatic heterocycles. The van der Waals surface area contributed by atoms with Crippen LogP contribution in [-0.4, -0.2) is 0 Å². The lowest BCUT2D eigenvalue weighted by Crippen LogP contribution is -1.87. The van der Waals surface area contributed by atoms with Crippen molar-refractivity contribution >= 4 is 6.08 Å². The van der Waals surface area contributed by atoms with Crippen molar-refractivity contribution < 1.29 is 4.39 Å². The zero-order valence-corrected chi connectivity index (χ0v) is 6.89. The van der Waals surface area contributed by atoms with Crippen LogP contribution in [0.25, 0.3) is 6.08 Å². The summed E-state index contributed by atoms with van der Waals surface area (Å²) in [4.78, 5) is 0.